The van der Waals surface area contributed by atoms with E-state index in [1.54, 1.807) is 0 Å². The Labute approximate surface area is 126 Å². The van der Waals surface area contributed by atoms with E-state index in [1.807, 2.05) is 37.3 Å². The lowest BCUT2D eigenvalue weighted by Gasteiger charge is -2.11. The molecule has 0 atom stereocenters. The summed E-state index contributed by atoms with van der Waals surface area (Å²) in [6.45, 7) is 2.61. The molecule has 6 nitrogen and oxygen atoms in total. The molecule has 0 amide bonds. The molecule has 1 aromatic carbocycles. The Morgan fingerprint density at radius 2 is 1.90 bits per heavy atom. The third kappa shape index (κ3) is 2.90. The molecule has 0 bridgehead atoms. The minimum atomic E-state index is 0.356. The van der Waals surface area contributed by atoms with Crippen LogP contribution >= 0.6 is 11.6 Å². The molecule has 0 radical (unpaired) electrons. The van der Waals surface area contributed by atoms with E-state index in [-0.39, 0.29) is 0 Å². The summed E-state index contributed by atoms with van der Waals surface area (Å²) in [5.41, 5.74) is 0.717. The molecule has 2 heterocycles. The van der Waals surface area contributed by atoms with E-state index in [1.165, 1.54) is 10.8 Å². The molecule has 0 N–H and O–H groups in total. The van der Waals surface area contributed by atoms with Crippen LogP contribution in [-0.2, 0) is 0 Å². The maximum atomic E-state index is 6.05. The molecule has 0 unspecified atom stereocenters. The number of rotatable bonds is 5. The largest absolute Gasteiger partial charge is 0.490 e. The molecule has 7 heteroatoms. The van der Waals surface area contributed by atoms with Gasteiger partial charge in [-0.05, 0) is 19.1 Å². The first-order valence-corrected chi connectivity index (χ1v) is 6.80. The van der Waals surface area contributed by atoms with Crippen LogP contribution < -0.4 is 9.47 Å². The number of halogens is 1. The number of fused-ring (bicyclic) bond motifs is 1. The average Bonchev–Trinajstić information content (AvgIpc) is 2.96. The van der Waals surface area contributed by atoms with Crippen LogP contribution in [0, 0.1) is 6.92 Å². The molecule has 0 aliphatic carbocycles. The Morgan fingerprint density at radius 3 is 2.71 bits per heavy atom. The van der Waals surface area contributed by atoms with Gasteiger partial charge in [-0.25, -0.2) is 0 Å². The van der Waals surface area contributed by atoms with Gasteiger partial charge in [0.25, 0.3) is 5.78 Å². The third-order valence-corrected chi connectivity index (χ3v) is 3.25. The van der Waals surface area contributed by atoms with Crippen molar-refractivity contribution in [3.63, 3.8) is 0 Å². The molecule has 0 spiro atoms. The van der Waals surface area contributed by atoms with E-state index in [4.69, 9.17) is 21.1 Å². The normalized spacial score (nSPS) is 10.8. The average molecular weight is 305 g/mol. The Balaban J connectivity index is 1.68. The zero-order chi connectivity index (χ0) is 14.7. The maximum absolute atomic E-state index is 6.05. The van der Waals surface area contributed by atoms with Crippen LogP contribution in [0.1, 0.15) is 5.56 Å². The van der Waals surface area contributed by atoms with Gasteiger partial charge in [0.2, 0.25) is 5.88 Å². The summed E-state index contributed by atoms with van der Waals surface area (Å²) >= 11 is 6.05. The first-order chi connectivity index (χ1) is 10.3. The van der Waals surface area contributed by atoms with Gasteiger partial charge in [-0.1, -0.05) is 29.8 Å². The van der Waals surface area contributed by atoms with Gasteiger partial charge >= 0.3 is 0 Å². The van der Waals surface area contributed by atoms with Crippen molar-refractivity contribution in [3.05, 3.63) is 47.4 Å². The maximum Gasteiger partial charge on any atom is 0.256 e. The van der Waals surface area contributed by atoms with Crippen molar-refractivity contribution in [1.29, 1.82) is 0 Å². The summed E-state index contributed by atoms with van der Waals surface area (Å²) in [7, 11) is 0. The Bertz CT molecular complexity index is 745. The van der Waals surface area contributed by atoms with Crippen LogP contribution in [-0.4, -0.2) is 32.8 Å². The summed E-state index contributed by atoms with van der Waals surface area (Å²) in [6.07, 6.45) is 1.41. The van der Waals surface area contributed by atoms with Gasteiger partial charge in [-0.3, -0.25) is 0 Å². The second-order valence-electron chi connectivity index (χ2n) is 4.31. The van der Waals surface area contributed by atoms with Crippen LogP contribution in [0.2, 0.25) is 5.15 Å². The zero-order valence-electron chi connectivity index (χ0n) is 11.4. The molecule has 108 valence electrons. The summed E-state index contributed by atoms with van der Waals surface area (Å²) in [5.74, 6) is 1.74. The quantitative estimate of drug-likeness (QED) is 0.535. The van der Waals surface area contributed by atoms with Gasteiger partial charge in [0.15, 0.2) is 0 Å². The van der Waals surface area contributed by atoms with Crippen molar-refractivity contribution in [2.75, 3.05) is 13.2 Å². The van der Waals surface area contributed by atoms with E-state index < -0.39 is 0 Å². The highest BCUT2D eigenvalue weighted by Gasteiger charge is 2.13. The van der Waals surface area contributed by atoms with Crippen molar-refractivity contribution in [2.45, 2.75) is 6.92 Å². The summed E-state index contributed by atoms with van der Waals surface area (Å²) in [5, 5.41) is 4.43. The number of ether oxygens (including phenoxy) is 2. The molecule has 0 aliphatic rings. The third-order valence-electron chi connectivity index (χ3n) is 2.88. The van der Waals surface area contributed by atoms with Gasteiger partial charge in [0, 0.05) is 5.56 Å². The lowest BCUT2D eigenvalue weighted by Crippen LogP contribution is -2.12. The van der Waals surface area contributed by atoms with Crippen molar-refractivity contribution in [2.24, 2.45) is 0 Å². The van der Waals surface area contributed by atoms with Gasteiger partial charge in [0.05, 0.1) is 0 Å². The molecule has 3 aromatic rings. The lowest BCUT2D eigenvalue weighted by atomic mass is 10.3. The van der Waals surface area contributed by atoms with Crippen molar-refractivity contribution in [3.8, 4) is 11.6 Å². The van der Waals surface area contributed by atoms with Crippen LogP contribution in [0.5, 0.6) is 11.6 Å². The second kappa shape index (κ2) is 5.97. The molecular weight excluding hydrogens is 292 g/mol. The van der Waals surface area contributed by atoms with E-state index in [9.17, 15) is 0 Å². The number of hydrogen-bond acceptors (Lipinski definition) is 5. The summed E-state index contributed by atoms with van der Waals surface area (Å²) < 4.78 is 12.8. The van der Waals surface area contributed by atoms with Gasteiger partial charge in [0.1, 0.15) is 30.4 Å². The predicted octanol–water partition coefficient (Wildman–Crippen LogP) is 2.54. The Kier molecular flexibility index (Phi) is 3.87. The van der Waals surface area contributed by atoms with Gasteiger partial charge in [-0.15, -0.1) is 0 Å². The Hall–Kier alpha value is -2.34. The topological polar surface area (TPSA) is 61.5 Å². The van der Waals surface area contributed by atoms with Crippen LogP contribution in [0.25, 0.3) is 5.78 Å². The molecule has 0 saturated carbocycles. The molecule has 2 aromatic heterocycles. The minimum Gasteiger partial charge on any atom is -0.490 e. The van der Waals surface area contributed by atoms with E-state index in [2.05, 4.69) is 15.1 Å². The standard InChI is InChI=1S/C14H13ClN4O2/c1-10-12(15)18-14-16-9-17-19(14)13(10)21-8-7-20-11-5-3-2-4-6-11/h2-6,9H,7-8H2,1H3. The molecule has 0 fully saturated rings. The zero-order valence-corrected chi connectivity index (χ0v) is 12.1. The number of para-hydroxylation sites is 1. The molecule has 21 heavy (non-hydrogen) atoms. The van der Waals surface area contributed by atoms with Crippen LogP contribution in [0.15, 0.2) is 36.7 Å². The highest BCUT2D eigenvalue weighted by Crippen LogP contribution is 2.24. The fourth-order valence-electron chi connectivity index (χ4n) is 1.86. The second-order valence-corrected chi connectivity index (χ2v) is 4.67. The fourth-order valence-corrected chi connectivity index (χ4v) is 2.01. The molecule has 3 rings (SSSR count). The summed E-state index contributed by atoms with van der Waals surface area (Å²) in [4.78, 5) is 8.12. The number of nitrogens with zero attached hydrogens (tertiary/aromatic N) is 4. The van der Waals surface area contributed by atoms with Crippen LogP contribution in [0.4, 0.5) is 0 Å². The van der Waals surface area contributed by atoms with Gasteiger partial charge in [-0.2, -0.15) is 19.6 Å². The summed E-state index contributed by atoms with van der Waals surface area (Å²) in [6, 6.07) is 9.56. The van der Waals surface area contributed by atoms with E-state index >= 15 is 0 Å². The minimum absolute atomic E-state index is 0.356. The van der Waals surface area contributed by atoms with Crippen molar-refractivity contribution >= 4 is 17.4 Å². The molecular formula is C14H13ClN4O2. The Morgan fingerprint density at radius 1 is 1.14 bits per heavy atom. The van der Waals surface area contributed by atoms with Gasteiger partial charge < -0.3 is 9.47 Å². The monoisotopic (exact) mass is 304 g/mol. The fraction of sp³-hybridized carbons (Fsp3) is 0.214. The SMILES string of the molecule is Cc1c(Cl)nc2ncnn2c1OCCOc1ccccc1. The first kappa shape index (κ1) is 13.6. The lowest BCUT2D eigenvalue weighted by molar-refractivity contribution is 0.207. The predicted molar refractivity (Wildman–Crippen MR) is 78.0 cm³/mol. The number of hydrogen-bond donors (Lipinski definition) is 0. The number of benzene rings is 1. The highest BCUT2D eigenvalue weighted by molar-refractivity contribution is 6.30. The van der Waals surface area contributed by atoms with Crippen molar-refractivity contribution < 1.29 is 9.47 Å². The smallest absolute Gasteiger partial charge is 0.256 e. The molecule has 0 saturated heterocycles. The highest BCUT2D eigenvalue weighted by atomic mass is 35.5. The van der Waals surface area contributed by atoms with Crippen molar-refractivity contribution in [1.82, 2.24) is 19.6 Å². The van der Waals surface area contributed by atoms with E-state index in [0.717, 1.165) is 11.3 Å². The van der Waals surface area contributed by atoms with E-state index in [0.29, 0.717) is 30.0 Å². The first-order valence-electron chi connectivity index (χ1n) is 6.42. The number of aromatic nitrogens is 4. The molecule has 0 aliphatic heterocycles. The van der Waals surface area contributed by atoms with Crippen LogP contribution in [0.3, 0.4) is 0 Å².